The summed E-state index contributed by atoms with van der Waals surface area (Å²) in [5.41, 5.74) is 0.215. The molecule has 0 saturated carbocycles. The SMILES string of the molecule is O=C(/C=C/c1cccnc1)NCCCCC1CCN(C(=O)c2cccc(NC(=O)OCc3ccc(OC4OC(C(=O)O)C(O)C(O)C4O)c(NC(=O)CCNC(=O)C4(N5C(=O)C=CC5=O)CNC4)c3)c2)CC1. The number of aliphatic carboxylic acids is 1. The molecule has 1 aromatic heterocycles. The zero-order chi connectivity index (χ0) is 51.4. The van der Waals surface area contributed by atoms with Crippen molar-refractivity contribution in [2.75, 3.05) is 49.9 Å². The summed E-state index contributed by atoms with van der Waals surface area (Å²) in [6, 6.07) is 14.1. The zero-order valence-corrected chi connectivity index (χ0v) is 38.9. The number of carboxylic acids is 1. The molecule has 5 atom stereocenters. The standard InChI is InChI=1S/C49H56N8O15/c58-36(12-10-30-6-4-18-50-25-30)52-19-2-1-5-29-16-21-56(22-17-29)44(65)32-7-3-8-33(24-32)54-48(69)70-26-31-9-11-35(71-46-42(64)40(62)41(63)43(72-46)45(66)67)34(23-31)55-37(59)15-20-53-47(68)49(27-51-28-49)57-38(60)13-14-39(57)61/h3-4,6-14,18,23-25,29,40-43,46,51,62-64H,1-2,5,15-17,19-22,26-28H2,(H,52,58)(H,53,68)(H,54,69)(H,55,59)(H,66,67)/b12-10+. The van der Waals surface area contributed by atoms with Crippen molar-refractivity contribution in [1.82, 2.24) is 30.7 Å². The summed E-state index contributed by atoms with van der Waals surface area (Å²) >= 11 is 0. The lowest BCUT2D eigenvalue weighted by atomic mass is 9.89. The molecule has 0 radical (unpaired) electrons. The number of piperidine rings is 1. The predicted molar refractivity (Wildman–Crippen MR) is 253 cm³/mol. The summed E-state index contributed by atoms with van der Waals surface area (Å²) < 4.78 is 16.4. The average Bonchev–Trinajstić information content (AvgIpc) is 3.69. The van der Waals surface area contributed by atoms with Crippen LogP contribution in [0.15, 0.2) is 85.2 Å². The molecule has 5 unspecified atom stereocenters. The van der Waals surface area contributed by atoms with Gasteiger partial charge in [-0.25, -0.2) is 9.59 Å². The van der Waals surface area contributed by atoms with Gasteiger partial charge in [-0.3, -0.25) is 44.0 Å². The average molecular weight is 997 g/mol. The molecule has 3 aromatic rings. The van der Waals surface area contributed by atoms with Crippen LogP contribution in [0.1, 0.15) is 60.0 Å². The number of carbonyl (C=O) groups excluding carboxylic acids is 7. The van der Waals surface area contributed by atoms with Crippen molar-refractivity contribution in [2.24, 2.45) is 5.92 Å². The minimum absolute atomic E-state index is 0.00840. The Morgan fingerprint density at radius 3 is 2.33 bits per heavy atom. The molecule has 0 bridgehead atoms. The van der Waals surface area contributed by atoms with Crippen LogP contribution in [0, 0.1) is 5.92 Å². The highest BCUT2D eigenvalue weighted by molar-refractivity contribution is 6.16. The van der Waals surface area contributed by atoms with E-state index in [4.69, 9.17) is 14.2 Å². The van der Waals surface area contributed by atoms with Crippen molar-refractivity contribution in [3.63, 3.8) is 0 Å². The first-order valence-electron chi connectivity index (χ1n) is 23.4. The number of carboxylic acid groups (broad SMARTS) is 1. The number of aromatic nitrogens is 1. The number of benzene rings is 2. The Kier molecular flexibility index (Phi) is 17.4. The van der Waals surface area contributed by atoms with Gasteiger partial charge in [-0.05, 0) is 78.8 Å². The number of anilines is 2. The number of imide groups is 1. The van der Waals surface area contributed by atoms with Crippen LogP contribution in [-0.2, 0) is 44.8 Å². The molecule has 2 aromatic carbocycles. The fourth-order valence-corrected chi connectivity index (χ4v) is 8.53. The molecule has 5 heterocycles. The number of aliphatic hydroxyl groups is 3. The van der Waals surface area contributed by atoms with Gasteiger partial charge in [0.1, 0.15) is 30.7 Å². The Morgan fingerprint density at radius 1 is 0.875 bits per heavy atom. The summed E-state index contributed by atoms with van der Waals surface area (Å²) in [6.45, 7) is 1.12. The van der Waals surface area contributed by atoms with Crippen LogP contribution in [-0.4, -0.2) is 158 Å². The highest BCUT2D eigenvalue weighted by atomic mass is 16.7. The largest absolute Gasteiger partial charge is 0.479 e. The number of rotatable bonds is 20. The molecule has 3 saturated heterocycles. The molecule has 0 aliphatic carbocycles. The van der Waals surface area contributed by atoms with E-state index in [0.717, 1.165) is 54.7 Å². The molecule has 382 valence electrons. The molecule has 0 spiro atoms. The number of hydrogen-bond acceptors (Lipinski definition) is 16. The quantitative estimate of drug-likeness (QED) is 0.0427. The van der Waals surface area contributed by atoms with Crippen LogP contribution in [0.3, 0.4) is 0 Å². The van der Waals surface area contributed by atoms with Gasteiger partial charge in [0.25, 0.3) is 17.7 Å². The monoisotopic (exact) mass is 996 g/mol. The number of aliphatic hydroxyl groups excluding tert-OH is 3. The normalized spacial score (nSPS) is 21.7. The van der Waals surface area contributed by atoms with Crippen molar-refractivity contribution >= 4 is 65.0 Å². The number of ether oxygens (including phenoxy) is 3. The van der Waals surface area contributed by atoms with Gasteiger partial charge in [-0.15, -0.1) is 0 Å². The lowest BCUT2D eigenvalue weighted by Crippen LogP contribution is -2.76. The van der Waals surface area contributed by atoms with Crippen LogP contribution in [0.2, 0.25) is 0 Å². The molecule has 23 heteroatoms. The second-order valence-corrected chi connectivity index (χ2v) is 17.6. The van der Waals surface area contributed by atoms with Gasteiger partial charge in [0.05, 0.1) is 5.69 Å². The second-order valence-electron chi connectivity index (χ2n) is 17.6. The van der Waals surface area contributed by atoms with Gasteiger partial charge >= 0.3 is 12.1 Å². The molecule has 9 N–H and O–H groups in total. The highest BCUT2D eigenvalue weighted by Crippen LogP contribution is 2.32. The Hall–Kier alpha value is -7.57. The van der Waals surface area contributed by atoms with Gasteiger partial charge in [0.15, 0.2) is 11.6 Å². The molecule has 7 amide bonds. The van der Waals surface area contributed by atoms with E-state index in [1.165, 1.54) is 30.3 Å². The van der Waals surface area contributed by atoms with Crippen molar-refractivity contribution in [3.8, 4) is 5.75 Å². The third-order valence-electron chi connectivity index (χ3n) is 12.6. The van der Waals surface area contributed by atoms with E-state index in [1.54, 1.807) is 47.6 Å². The molecule has 4 aliphatic heterocycles. The summed E-state index contributed by atoms with van der Waals surface area (Å²) in [5, 5.41) is 54.2. The first-order valence-corrected chi connectivity index (χ1v) is 23.4. The lowest BCUT2D eigenvalue weighted by Gasteiger charge is -2.46. The number of likely N-dealkylation sites (tertiary alicyclic amines) is 1. The Labute approximate surface area is 412 Å². The Bertz CT molecular complexity index is 2550. The molecule has 4 aliphatic rings. The van der Waals surface area contributed by atoms with Crippen LogP contribution in [0.5, 0.6) is 5.75 Å². The fraction of sp³-hybridized carbons (Fsp3) is 0.408. The number of nitrogens with one attached hydrogen (secondary N) is 5. The Morgan fingerprint density at radius 2 is 1.64 bits per heavy atom. The van der Waals surface area contributed by atoms with Crippen LogP contribution < -0.4 is 31.3 Å². The topological polar surface area (TPSA) is 325 Å². The van der Waals surface area contributed by atoms with E-state index < -0.39 is 71.9 Å². The molecule has 3 fully saturated rings. The maximum absolute atomic E-state index is 13.5. The van der Waals surface area contributed by atoms with Gasteiger partial charge in [0, 0.05) is 87.6 Å². The third kappa shape index (κ3) is 13.0. The van der Waals surface area contributed by atoms with E-state index >= 15 is 0 Å². The number of carbonyl (C=O) groups is 8. The summed E-state index contributed by atoms with van der Waals surface area (Å²) in [7, 11) is 0. The van der Waals surface area contributed by atoms with Gasteiger partial charge in [-0.2, -0.15) is 0 Å². The van der Waals surface area contributed by atoms with E-state index in [-0.39, 0.29) is 61.6 Å². The van der Waals surface area contributed by atoms with Crippen molar-refractivity contribution in [2.45, 2.75) is 81.4 Å². The van der Waals surface area contributed by atoms with E-state index in [9.17, 15) is 58.8 Å². The fourth-order valence-electron chi connectivity index (χ4n) is 8.53. The van der Waals surface area contributed by atoms with Crippen LogP contribution >= 0.6 is 0 Å². The maximum Gasteiger partial charge on any atom is 0.411 e. The predicted octanol–water partition coefficient (Wildman–Crippen LogP) is 0.665. The smallest absolute Gasteiger partial charge is 0.411 e. The summed E-state index contributed by atoms with van der Waals surface area (Å²) in [5.74, 6) is -4.40. The van der Waals surface area contributed by atoms with E-state index in [0.29, 0.717) is 36.7 Å². The zero-order valence-electron chi connectivity index (χ0n) is 38.9. The molecule has 72 heavy (non-hydrogen) atoms. The highest BCUT2D eigenvalue weighted by Gasteiger charge is 2.54. The number of pyridine rings is 1. The minimum Gasteiger partial charge on any atom is -0.479 e. The molecule has 23 nitrogen and oxygen atoms in total. The van der Waals surface area contributed by atoms with Gasteiger partial charge in [0.2, 0.25) is 24.0 Å². The minimum atomic E-state index is -2.00. The number of unbranched alkanes of at least 4 members (excludes halogenated alkanes) is 1. The Balaban J connectivity index is 0.899. The van der Waals surface area contributed by atoms with Gasteiger partial charge in [-0.1, -0.05) is 31.0 Å². The summed E-state index contributed by atoms with van der Waals surface area (Å²) in [4.78, 5) is 108. The first kappa shape index (κ1) is 52.3. The van der Waals surface area contributed by atoms with Crippen molar-refractivity contribution in [3.05, 3.63) is 102 Å². The maximum atomic E-state index is 13.5. The number of hydrogen-bond donors (Lipinski definition) is 9. The third-order valence-corrected chi connectivity index (χ3v) is 12.6. The molecule has 7 rings (SSSR count). The lowest BCUT2D eigenvalue weighted by molar-refractivity contribution is -0.271. The van der Waals surface area contributed by atoms with E-state index in [1.807, 2.05) is 6.07 Å². The van der Waals surface area contributed by atoms with Crippen molar-refractivity contribution < 1.29 is 73.0 Å². The second kappa shape index (κ2) is 24.0. The van der Waals surface area contributed by atoms with Crippen molar-refractivity contribution in [1.29, 1.82) is 0 Å². The number of nitrogens with zero attached hydrogens (tertiary/aromatic N) is 3. The number of amides is 7. The molecular weight excluding hydrogens is 941 g/mol. The van der Waals surface area contributed by atoms with Gasteiger partial charge < -0.3 is 60.8 Å². The summed E-state index contributed by atoms with van der Waals surface area (Å²) in [6.07, 6.45) is 2.11. The molecular formula is C49H56N8O15. The van der Waals surface area contributed by atoms with Crippen LogP contribution in [0.25, 0.3) is 6.08 Å². The first-order chi connectivity index (χ1) is 34.6. The van der Waals surface area contributed by atoms with E-state index in [2.05, 4.69) is 31.6 Å². The van der Waals surface area contributed by atoms with Crippen LogP contribution in [0.4, 0.5) is 16.2 Å².